The van der Waals surface area contributed by atoms with Crippen LogP contribution in [-0.2, 0) is 0 Å². The number of anilines is 1. The Hall–Kier alpha value is -0.510. The van der Waals surface area contributed by atoms with Crippen LogP contribution in [0.15, 0.2) is 12.3 Å². The summed E-state index contributed by atoms with van der Waals surface area (Å²) in [6, 6.07) is 2.74. The van der Waals surface area contributed by atoms with Gasteiger partial charge in [-0.1, -0.05) is 6.07 Å². The smallest absolute Gasteiger partial charge is 0.131 e. The monoisotopic (exact) mass is 277 g/mol. The van der Waals surface area contributed by atoms with Gasteiger partial charge in [0.25, 0.3) is 0 Å². The second-order valence-electron chi connectivity index (χ2n) is 4.40. The van der Waals surface area contributed by atoms with E-state index >= 15 is 0 Å². The molecule has 5 heteroatoms. The van der Waals surface area contributed by atoms with Gasteiger partial charge in [0, 0.05) is 31.9 Å². The predicted molar refractivity (Wildman–Crippen MR) is 77.9 cm³/mol. The highest BCUT2D eigenvalue weighted by Gasteiger charge is 2.20. The first-order valence-corrected chi connectivity index (χ1v) is 5.59. The third kappa shape index (κ3) is 3.73. The number of nitrogens with one attached hydrogen (secondary N) is 1. The van der Waals surface area contributed by atoms with Crippen LogP contribution < -0.4 is 10.2 Å². The molecule has 0 amide bonds. The lowest BCUT2D eigenvalue weighted by Gasteiger charge is -2.35. The van der Waals surface area contributed by atoms with Crippen LogP contribution in [0.25, 0.3) is 0 Å². The van der Waals surface area contributed by atoms with Crippen molar-refractivity contribution in [3.63, 3.8) is 0 Å². The SMILES string of the molecule is Cc1cnc(N2CCNC[C@H]2C)c(C)c1.Cl.Cl. The van der Waals surface area contributed by atoms with Gasteiger partial charge in [-0.15, -0.1) is 24.8 Å². The van der Waals surface area contributed by atoms with Gasteiger partial charge in [0.15, 0.2) is 0 Å². The van der Waals surface area contributed by atoms with Gasteiger partial charge in [-0.25, -0.2) is 4.98 Å². The standard InChI is InChI=1S/C12H19N3.2ClH/c1-9-6-10(2)12(14-7-9)15-5-4-13-8-11(15)3;;/h6-7,11,13H,4-5,8H2,1-3H3;2*1H/t11-;;/m1../s1. The summed E-state index contributed by atoms with van der Waals surface area (Å²) in [4.78, 5) is 6.94. The highest BCUT2D eigenvalue weighted by molar-refractivity contribution is 5.85. The molecule has 98 valence electrons. The Kier molecular flexibility index (Phi) is 6.83. The number of rotatable bonds is 1. The average Bonchev–Trinajstić information content (AvgIpc) is 2.20. The van der Waals surface area contributed by atoms with Crippen LogP contribution >= 0.6 is 24.8 Å². The molecule has 1 saturated heterocycles. The van der Waals surface area contributed by atoms with Crippen molar-refractivity contribution in [1.82, 2.24) is 10.3 Å². The van der Waals surface area contributed by atoms with E-state index in [0.29, 0.717) is 6.04 Å². The summed E-state index contributed by atoms with van der Waals surface area (Å²) in [5.41, 5.74) is 2.52. The fourth-order valence-corrected chi connectivity index (χ4v) is 2.16. The molecule has 1 N–H and O–H groups in total. The van der Waals surface area contributed by atoms with E-state index in [-0.39, 0.29) is 24.8 Å². The Morgan fingerprint density at radius 3 is 2.65 bits per heavy atom. The van der Waals surface area contributed by atoms with Gasteiger partial charge in [0.1, 0.15) is 5.82 Å². The summed E-state index contributed by atoms with van der Waals surface area (Å²) in [7, 11) is 0. The van der Waals surface area contributed by atoms with Crippen LogP contribution in [0.5, 0.6) is 0 Å². The van der Waals surface area contributed by atoms with Gasteiger partial charge in [-0.2, -0.15) is 0 Å². The Balaban J connectivity index is 0.00000128. The molecule has 17 heavy (non-hydrogen) atoms. The van der Waals surface area contributed by atoms with Crippen molar-refractivity contribution in [2.75, 3.05) is 24.5 Å². The van der Waals surface area contributed by atoms with Gasteiger partial charge in [-0.05, 0) is 31.9 Å². The Labute approximate surface area is 116 Å². The van der Waals surface area contributed by atoms with Gasteiger partial charge in [0.2, 0.25) is 0 Å². The lowest BCUT2D eigenvalue weighted by molar-refractivity contribution is 0.496. The molecule has 0 radical (unpaired) electrons. The fourth-order valence-electron chi connectivity index (χ4n) is 2.16. The third-order valence-corrected chi connectivity index (χ3v) is 2.96. The second-order valence-corrected chi connectivity index (χ2v) is 4.40. The van der Waals surface area contributed by atoms with E-state index in [2.05, 4.69) is 42.0 Å². The highest BCUT2D eigenvalue weighted by Crippen LogP contribution is 2.20. The van der Waals surface area contributed by atoms with Crippen LogP contribution in [0.4, 0.5) is 5.82 Å². The minimum atomic E-state index is 0. The van der Waals surface area contributed by atoms with E-state index in [0.717, 1.165) is 25.5 Å². The van der Waals surface area contributed by atoms with Gasteiger partial charge in [-0.3, -0.25) is 0 Å². The number of nitrogens with zero attached hydrogens (tertiary/aromatic N) is 2. The molecule has 0 spiro atoms. The van der Waals surface area contributed by atoms with Crippen molar-refractivity contribution in [1.29, 1.82) is 0 Å². The zero-order valence-electron chi connectivity index (χ0n) is 10.6. The van der Waals surface area contributed by atoms with E-state index in [1.54, 1.807) is 0 Å². The predicted octanol–water partition coefficient (Wildman–Crippen LogP) is 2.34. The summed E-state index contributed by atoms with van der Waals surface area (Å²) in [6.07, 6.45) is 1.96. The first kappa shape index (κ1) is 16.5. The number of piperazine rings is 1. The summed E-state index contributed by atoms with van der Waals surface area (Å²) in [6.45, 7) is 9.63. The molecule has 0 aromatic carbocycles. The Morgan fingerprint density at radius 2 is 2.06 bits per heavy atom. The number of halogens is 2. The van der Waals surface area contributed by atoms with E-state index < -0.39 is 0 Å². The van der Waals surface area contributed by atoms with Crippen LogP contribution in [-0.4, -0.2) is 30.7 Å². The molecule has 0 unspecified atom stereocenters. The van der Waals surface area contributed by atoms with Crippen molar-refractivity contribution < 1.29 is 0 Å². The second kappa shape index (κ2) is 7.04. The molecule has 0 aliphatic carbocycles. The summed E-state index contributed by atoms with van der Waals surface area (Å²) in [5.74, 6) is 1.15. The topological polar surface area (TPSA) is 28.2 Å². The minimum Gasteiger partial charge on any atom is -0.351 e. The quantitative estimate of drug-likeness (QED) is 0.854. The number of aromatic nitrogens is 1. The summed E-state index contributed by atoms with van der Waals surface area (Å²) < 4.78 is 0. The van der Waals surface area contributed by atoms with Crippen molar-refractivity contribution in [2.24, 2.45) is 0 Å². The fraction of sp³-hybridized carbons (Fsp3) is 0.583. The normalized spacial score (nSPS) is 19.2. The first-order chi connectivity index (χ1) is 7.18. The molecule has 1 aliphatic rings. The number of aryl methyl sites for hydroxylation is 2. The maximum absolute atomic E-state index is 4.55. The largest absolute Gasteiger partial charge is 0.351 e. The maximum atomic E-state index is 4.55. The lowest BCUT2D eigenvalue weighted by atomic mass is 10.1. The Morgan fingerprint density at radius 1 is 1.35 bits per heavy atom. The number of hydrogen-bond donors (Lipinski definition) is 1. The van der Waals surface area contributed by atoms with Gasteiger partial charge < -0.3 is 10.2 Å². The van der Waals surface area contributed by atoms with Crippen molar-refractivity contribution in [3.8, 4) is 0 Å². The molecule has 1 aromatic rings. The third-order valence-electron chi connectivity index (χ3n) is 2.96. The van der Waals surface area contributed by atoms with E-state index in [1.165, 1.54) is 11.1 Å². The van der Waals surface area contributed by atoms with Crippen LogP contribution in [0.2, 0.25) is 0 Å². The van der Waals surface area contributed by atoms with Crippen LogP contribution in [0, 0.1) is 13.8 Å². The van der Waals surface area contributed by atoms with Crippen LogP contribution in [0.1, 0.15) is 18.1 Å². The molecular weight excluding hydrogens is 257 g/mol. The van der Waals surface area contributed by atoms with E-state index in [9.17, 15) is 0 Å². The van der Waals surface area contributed by atoms with Gasteiger partial charge >= 0.3 is 0 Å². The molecule has 2 heterocycles. The molecule has 1 aromatic heterocycles. The molecule has 1 atom stereocenters. The molecule has 3 nitrogen and oxygen atoms in total. The van der Waals surface area contributed by atoms with E-state index in [4.69, 9.17) is 0 Å². The summed E-state index contributed by atoms with van der Waals surface area (Å²) in [5, 5.41) is 3.40. The highest BCUT2D eigenvalue weighted by atomic mass is 35.5. The lowest BCUT2D eigenvalue weighted by Crippen LogP contribution is -2.50. The van der Waals surface area contributed by atoms with Crippen molar-refractivity contribution >= 4 is 30.6 Å². The summed E-state index contributed by atoms with van der Waals surface area (Å²) >= 11 is 0. The van der Waals surface area contributed by atoms with E-state index in [1.807, 2.05) is 6.20 Å². The zero-order chi connectivity index (χ0) is 10.8. The molecular formula is C12H21Cl2N3. The van der Waals surface area contributed by atoms with Crippen LogP contribution in [0.3, 0.4) is 0 Å². The number of pyridine rings is 1. The minimum absolute atomic E-state index is 0. The average molecular weight is 278 g/mol. The molecule has 1 fully saturated rings. The number of hydrogen-bond acceptors (Lipinski definition) is 3. The van der Waals surface area contributed by atoms with Gasteiger partial charge in [0.05, 0.1) is 0 Å². The Bertz CT molecular complexity index is 358. The molecule has 1 aliphatic heterocycles. The first-order valence-electron chi connectivity index (χ1n) is 5.59. The van der Waals surface area contributed by atoms with Crippen molar-refractivity contribution in [3.05, 3.63) is 23.4 Å². The molecule has 0 bridgehead atoms. The maximum Gasteiger partial charge on any atom is 0.131 e. The zero-order valence-corrected chi connectivity index (χ0v) is 12.2. The van der Waals surface area contributed by atoms with Crippen molar-refractivity contribution in [2.45, 2.75) is 26.8 Å². The molecule has 0 saturated carbocycles. The molecule has 2 rings (SSSR count).